The largest absolute Gasteiger partial charge is 0.0885 e. The van der Waals surface area contributed by atoms with Gasteiger partial charge in [-0.15, -0.1) is 0 Å². The topological polar surface area (TPSA) is 0 Å². The Balaban J connectivity index is 1.44. The highest BCUT2D eigenvalue weighted by atomic mass is 14.0. The molecule has 0 aliphatic heterocycles. The van der Waals surface area contributed by atoms with Crippen LogP contribution in [0.4, 0.5) is 0 Å². The Labute approximate surface area is 168 Å². The van der Waals surface area contributed by atoms with Gasteiger partial charge in [-0.05, 0) is 54.9 Å². The lowest BCUT2D eigenvalue weighted by Crippen LogP contribution is -1.88. The standard InChI is InChI=1S/C27H40/c1-2-3-4-5-6-7-8-9-10-11-12-13-14-15-16-20-25-22-19-23-26-21-17-18-24-27(25)26/h8-9,17-19,21-24H,2-7,10-16,20H2,1H3/b9-8+. The quantitative estimate of drug-likeness (QED) is 0.218. The Morgan fingerprint density at radius 3 is 1.93 bits per heavy atom. The van der Waals surface area contributed by atoms with Crippen molar-refractivity contribution in [3.8, 4) is 0 Å². The first-order valence-electron chi connectivity index (χ1n) is 11.5. The van der Waals surface area contributed by atoms with Crippen LogP contribution in [-0.2, 0) is 6.42 Å². The Kier molecular flexibility index (Phi) is 11.7. The average molecular weight is 365 g/mol. The second-order valence-electron chi connectivity index (χ2n) is 7.97. The van der Waals surface area contributed by atoms with Gasteiger partial charge in [0, 0.05) is 0 Å². The molecule has 2 aromatic rings. The molecular weight excluding hydrogens is 324 g/mol. The van der Waals surface area contributed by atoms with Gasteiger partial charge < -0.3 is 0 Å². The summed E-state index contributed by atoms with van der Waals surface area (Å²) in [4.78, 5) is 0. The Morgan fingerprint density at radius 2 is 1.19 bits per heavy atom. The van der Waals surface area contributed by atoms with Crippen LogP contribution in [0.25, 0.3) is 10.8 Å². The Morgan fingerprint density at radius 1 is 0.593 bits per heavy atom. The van der Waals surface area contributed by atoms with E-state index in [-0.39, 0.29) is 0 Å². The van der Waals surface area contributed by atoms with Gasteiger partial charge in [0.2, 0.25) is 0 Å². The fourth-order valence-electron chi connectivity index (χ4n) is 3.90. The third-order valence-corrected chi connectivity index (χ3v) is 5.59. The van der Waals surface area contributed by atoms with Crippen LogP contribution >= 0.6 is 0 Å². The summed E-state index contributed by atoms with van der Waals surface area (Å²) in [6.45, 7) is 2.28. The summed E-state index contributed by atoms with van der Waals surface area (Å²) in [7, 11) is 0. The van der Waals surface area contributed by atoms with Gasteiger partial charge in [-0.1, -0.05) is 113 Å². The van der Waals surface area contributed by atoms with Crippen molar-refractivity contribution >= 4 is 10.8 Å². The molecule has 0 spiro atoms. The first-order valence-corrected chi connectivity index (χ1v) is 11.5. The third kappa shape index (κ3) is 9.27. The number of hydrogen-bond acceptors (Lipinski definition) is 0. The van der Waals surface area contributed by atoms with E-state index in [2.05, 4.69) is 61.5 Å². The maximum absolute atomic E-state index is 2.42. The molecule has 2 aromatic carbocycles. The molecule has 0 amide bonds. The van der Waals surface area contributed by atoms with Crippen molar-refractivity contribution in [3.63, 3.8) is 0 Å². The van der Waals surface area contributed by atoms with Crippen molar-refractivity contribution in [2.24, 2.45) is 0 Å². The summed E-state index contributed by atoms with van der Waals surface area (Å²) in [5.74, 6) is 0. The van der Waals surface area contributed by atoms with Gasteiger partial charge in [0.25, 0.3) is 0 Å². The summed E-state index contributed by atoms with van der Waals surface area (Å²) < 4.78 is 0. The van der Waals surface area contributed by atoms with Crippen LogP contribution in [0.15, 0.2) is 54.6 Å². The zero-order valence-electron chi connectivity index (χ0n) is 17.6. The molecule has 0 saturated heterocycles. The predicted octanol–water partition coefficient (Wildman–Crippen LogP) is 9.03. The minimum atomic E-state index is 1.22. The van der Waals surface area contributed by atoms with Crippen LogP contribution in [-0.4, -0.2) is 0 Å². The number of benzene rings is 2. The van der Waals surface area contributed by atoms with Crippen LogP contribution < -0.4 is 0 Å². The average Bonchev–Trinajstić information content (AvgIpc) is 2.71. The van der Waals surface area contributed by atoms with E-state index in [4.69, 9.17) is 0 Å². The molecule has 0 bridgehead atoms. The van der Waals surface area contributed by atoms with Crippen LogP contribution in [0.2, 0.25) is 0 Å². The Bertz CT molecular complexity index is 632. The van der Waals surface area contributed by atoms with Gasteiger partial charge in [0.1, 0.15) is 0 Å². The molecule has 2 rings (SSSR count). The first-order chi connectivity index (χ1) is 13.4. The molecule has 0 N–H and O–H groups in total. The van der Waals surface area contributed by atoms with Crippen molar-refractivity contribution in [2.45, 2.75) is 96.8 Å². The maximum Gasteiger partial charge on any atom is -0.0152 e. The lowest BCUT2D eigenvalue weighted by atomic mass is 9.99. The number of hydrogen-bond donors (Lipinski definition) is 0. The van der Waals surface area contributed by atoms with Crippen LogP contribution in [0.1, 0.15) is 96.0 Å². The number of fused-ring (bicyclic) bond motifs is 1. The fraction of sp³-hybridized carbons (Fsp3) is 0.556. The van der Waals surface area contributed by atoms with E-state index in [1.807, 2.05) is 0 Å². The van der Waals surface area contributed by atoms with Crippen molar-refractivity contribution in [1.82, 2.24) is 0 Å². The number of allylic oxidation sites excluding steroid dienone is 2. The molecule has 0 radical (unpaired) electrons. The lowest BCUT2D eigenvalue weighted by molar-refractivity contribution is 0.597. The summed E-state index contributed by atoms with van der Waals surface area (Å²) in [6.07, 6.45) is 23.9. The van der Waals surface area contributed by atoms with Gasteiger partial charge in [-0.2, -0.15) is 0 Å². The fourth-order valence-corrected chi connectivity index (χ4v) is 3.90. The van der Waals surface area contributed by atoms with Gasteiger partial charge in [-0.3, -0.25) is 0 Å². The maximum atomic E-state index is 2.42. The highest BCUT2D eigenvalue weighted by Crippen LogP contribution is 2.20. The zero-order chi connectivity index (χ0) is 19.0. The SMILES string of the molecule is CCCCCCC/C=C/CCCCCCCCc1cccc2ccccc12. The third-order valence-electron chi connectivity index (χ3n) is 5.59. The lowest BCUT2D eigenvalue weighted by Gasteiger charge is -2.06. The van der Waals surface area contributed by atoms with Crippen molar-refractivity contribution in [2.75, 3.05) is 0 Å². The molecular formula is C27H40. The second kappa shape index (κ2) is 14.5. The number of unbranched alkanes of at least 4 members (excludes halogenated alkanes) is 11. The van der Waals surface area contributed by atoms with Gasteiger partial charge >= 0.3 is 0 Å². The predicted molar refractivity (Wildman–Crippen MR) is 122 cm³/mol. The van der Waals surface area contributed by atoms with E-state index >= 15 is 0 Å². The molecule has 0 aliphatic carbocycles. The van der Waals surface area contributed by atoms with Crippen molar-refractivity contribution in [3.05, 3.63) is 60.2 Å². The highest BCUT2D eigenvalue weighted by molar-refractivity contribution is 5.85. The van der Waals surface area contributed by atoms with E-state index in [1.54, 1.807) is 0 Å². The van der Waals surface area contributed by atoms with E-state index in [1.165, 1.54) is 106 Å². The molecule has 0 aliphatic rings. The van der Waals surface area contributed by atoms with Gasteiger partial charge in [0.05, 0.1) is 0 Å². The molecule has 148 valence electrons. The summed E-state index contributed by atoms with van der Waals surface area (Å²) >= 11 is 0. The zero-order valence-corrected chi connectivity index (χ0v) is 17.6. The second-order valence-corrected chi connectivity index (χ2v) is 7.97. The highest BCUT2D eigenvalue weighted by Gasteiger charge is 2.00. The normalized spacial score (nSPS) is 11.6. The van der Waals surface area contributed by atoms with Crippen LogP contribution in [0.5, 0.6) is 0 Å². The molecule has 0 aromatic heterocycles. The summed E-state index contributed by atoms with van der Waals surface area (Å²) in [5.41, 5.74) is 1.52. The molecule has 0 heteroatoms. The number of aryl methyl sites for hydroxylation is 1. The molecule has 0 fully saturated rings. The smallest absolute Gasteiger partial charge is 0.0152 e. The van der Waals surface area contributed by atoms with Crippen molar-refractivity contribution < 1.29 is 0 Å². The molecule has 0 saturated carbocycles. The summed E-state index contributed by atoms with van der Waals surface area (Å²) in [5, 5.41) is 2.82. The minimum Gasteiger partial charge on any atom is -0.0885 e. The van der Waals surface area contributed by atoms with Gasteiger partial charge in [-0.25, -0.2) is 0 Å². The van der Waals surface area contributed by atoms with E-state index in [0.717, 1.165) is 0 Å². The minimum absolute atomic E-state index is 1.22. The molecule has 0 unspecified atom stereocenters. The monoisotopic (exact) mass is 364 g/mol. The van der Waals surface area contributed by atoms with Crippen molar-refractivity contribution in [1.29, 1.82) is 0 Å². The molecule has 0 nitrogen and oxygen atoms in total. The molecule has 0 heterocycles. The van der Waals surface area contributed by atoms with Crippen LogP contribution in [0, 0.1) is 0 Å². The molecule has 27 heavy (non-hydrogen) atoms. The molecule has 0 atom stereocenters. The number of rotatable bonds is 15. The van der Waals surface area contributed by atoms with Gasteiger partial charge in [0.15, 0.2) is 0 Å². The van der Waals surface area contributed by atoms with E-state index in [0.29, 0.717) is 0 Å². The summed E-state index contributed by atoms with van der Waals surface area (Å²) in [6, 6.07) is 15.5. The Hall–Kier alpha value is -1.56. The first kappa shape index (κ1) is 21.7. The van der Waals surface area contributed by atoms with E-state index < -0.39 is 0 Å². The van der Waals surface area contributed by atoms with E-state index in [9.17, 15) is 0 Å². The van der Waals surface area contributed by atoms with Crippen LogP contribution in [0.3, 0.4) is 0 Å².